The highest BCUT2D eigenvalue weighted by Gasteiger charge is 2.12. The minimum absolute atomic E-state index is 0.102. The number of methoxy groups -OCH3 is 2. The number of anilines is 1. The predicted molar refractivity (Wildman–Crippen MR) is 117 cm³/mol. The zero-order valence-electron chi connectivity index (χ0n) is 16.2. The molecule has 0 radical (unpaired) electrons. The molecule has 0 unspecified atom stereocenters. The van der Waals surface area contributed by atoms with Crippen LogP contribution >= 0.6 is 22.7 Å². The Labute approximate surface area is 176 Å². The Morgan fingerprint density at radius 2 is 1.90 bits per heavy atom. The van der Waals surface area contributed by atoms with E-state index in [-0.39, 0.29) is 12.3 Å². The average Bonchev–Trinajstić information content (AvgIpc) is 3.32. The molecule has 8 heteroatoms. The van der Waals surface area contributed by atoms with E-state index in [1.54, 1.807) is 25.6 Å². The largest absolute Gasteiger partial charge is 0.493 e. The number of aromatic nitrogens is 2. The van der Waals surface area contributed by atoms with Crippen molar-refractivity contribution >= 4 is 44.5 Å². The van der Waals surface area contributed by atoms with Gasteiger partial charge in [0.05, 0.1) is 41.6 Å². The van der Waals surface area contributed by atoms with Crippen LogP contribution in [-0.2, 0) is 11.2 Å². The molecule has 0 spiro atoms. The van der Waals surface area contributed by atoms with Crippen molar-refractivity contribution in [1.82, 2.24) is 9.97 Å². The molecule has 1 N–H and O–H groups in total. The number of aryl methyl sites for hydroxylation is 1. The molecule has 0 fully saturated rings. The molecule has 29 heavy (non-hydrogen) atoms. The number of nitrogens with zero attached hydrogens (tertiary/aromatic N) is 2. The van der Waals surface area contributed by atoms with Gasteiger partial charge < -0.3 is 14.8 Å². The second kappa shape index (κ2) is 8.18. The van der Waals surface area contributed by atoms with Gasteiger partial charge in [-0.05, 0) is 43.3 Å². The van der Waals surface area contributed by atoms with E-state index < -0.39 is 0 Å². The summed E-state index contributed by atoms with van der Waals surface area (Å²) in [5.41, 5.74) is 3.36. The summed E-state index contributed by atoms with van der Waals surface area (Å²) in [5, 5.41) is 6.68. The first-order valence-corrected chi connectivity index (χ1v) is 10.6. The molecule has 0 saturated carbocycles. The molecule has 0 atom stereocenters. The Hall–Kier alpha value is -2.97. The maximum Gasteiger partial charge on any atom is 0.230 e. The highest BCUT2D eigenvalue weighted by molar-refractivity contribution is 7.18. The Morgan fingerprint density at radius 3 is 2.69 bits per heavy atom. The van der Waals surface area contributed by atoms with Gasteiger partial charge in [0.15, 0.2) is 11.5 Å². The van der Waals surface area contributed by atoms with Crippen LogP contribution in [0.3, 0.4) is 0 Å². The molecule has 2 aromatic heterocycles. The summed E-state index contributed by atoms with van der Waals surface area (Å²) < 4.78 is 11.7. The molecule has 4 rings (SSSR count). The zero-order valence-corrected chi connectivity index (χ0v) is 17.8. The first kappa shape index (κ1) is 19.4. The Kier molecular flexibility index (Phi) is 5.46. The number of carbonyl (C=O) groups is 1. The lowest BCUT2D eigenvalue weighted by Gasteiger charge is -2.08. The molecule has 0 saturated heterocycles. The van der Waals surface area contributed by atoms with Crippen molar-refractivity contribution in [1.29, 1.82) is 0 Å². The van der Waals surface area contributed by atoms with Gasteiger partial charge in [-0.15, -0.1) is 22.7 Å². The van der Waals surface area contributed by atoms with Gasteiger partial charge in [-0.2, -0.15) is 0 Å². The van der Waals surface area contributed by atoms with Crippen molar-refractivity contribution in [3.8, 4) is 22.1 Å². The monoisotopic (exact) mass is 425 g/mol. The van der Waals surface area contributed by atoms with Crippen molar-refractivity contribution in [3.05, 3.63) is 52.5 Å². The van der Waals surface area contributed by atoms with Gasteiger partial charge in [-0.25, -0.2) is 9.97 Å². The zero-order chi connectivity index (χ0) is 20.4. The first-order chi connectivity index (χ1) is 14.1. The molecule has 0 aliphatic carbocycles. The predicted octanol–water partition coefficient (Wildman–Crippen LogP) is 4.93. The molecule has 148 valence electrons. The Bertz CT molecular complexity index is 1180. The van der Waals surface area contributed by atoms with E-state index in [9.17, 15) is 4.79 Å². The van der Waals surface area contributed by atoms with Crippen LogP contribution in [0, 0.1) is 6.92 Å². The normalized spacial score (nSPS) is 10.9. The number of nitrogens with one attached hydrogen (secondary N) is 1. The molecular formula is C21H19N3O3S2. The lowest BCUT2D eigenvalue weighted by molar-refractivity contribution is -0.115. The summed E-state index contributed by atoms with van der Waals surface area (Å²) in [7, 11) is 3.20. The molecule has 1 amide bonds. The number of fused-ring (bicyclic) bond motifs is 1. The van der Waals surface area contributed by atoms with Gasteiger partial charge in [0, 0.05) is 16.6 Å². The van der Waals surface area contributed by atoms with Crippen molar-refractivity contribution in [2.75, 3.05) is 19.5 Å². The molecule has 0 aliphatic rings. The standard InChI is InChI=1S/C21H19N3O3S2/c1-12-22-16-6-5-14(9-19(16)29-12)23-20(25)10-15-11-28-21(24-15)13-4-7-17(26-2)18(8-13)27-3/h4-9,11H,10H2,1-3H3,(H,23,25). The number of hydrogen-bond donors (Lipinski definition) is 1. The maximum absolute atomic E-state index is 12.5. The van der Waals surface area contributed by atoms with E-state index in [0.717, 1.165) is 37.2 Å². The van der Waals surface area contributed by atoms with Crippen molar-refractivity contribution in [2.45, 2.75) is 13.3 Å². The molecule has 4 aromatic rings. The first-order valence-electron chi connectivity index (χ1n) is 8.89. The number of ether oxygens (including phenoxy) is 2. The van der Waals surface area contributed by atoms with Gasteiger partial charge in [0.1, 0.15) is 5.01 Å². The van der Waals surface area contributed by atoms with Crippen molar-refractivity contribution in [2.24, 2.45) is 0 Å². The van der Waals surface area contributed by atoms with E-state index in [0.29, 0.717) is 11.5 Å². The smallest absolute Gasteiger partial charge is 0.230 e. The average molecular weight is 426 g/mol. The lowest BCUT2D eigenvalue weighted by atomic mass is 10.2. The Balaban J connectivity index is 1.46. The van der Waals surface area contributed by atoms with Crippen LogP contribution in [0.15, 0.2) is 41.8 Å². The van der Waals surface area contributed by atoms with Gasteiger partial charge in [-0.3, -0.25) is 4.79 Å². The minimum atomic E-state index is -0.102. The highest BCUT2D eigenvalue weighted by atomic mass is 32.1. The molecule has 0 aliphatic heterocycles. The van der Waals surface area contributed by atoms with Gasteiger partial charge in [-0.1, -0.05) is 0 Å². The van der Waals surface area contributed by atoms with Gasteiger partial charge >= 0.3 is 0 Å². The summed E-state index contributed by atoms with van der Waals surface area (Å²) in [5.74, 6) is 1.21. The van der Waals surface area contributed by atoms with Crippen LogP contribution in [0.25, 0.3) is 20.8 Å². The van der Waals surface area contributed by atoms with Crippen LogP contribution in [0.4, 0.5) is 5.69 Å². The highest BCUT2D eigenvalue weighted by Crippen LogP contribution is 2.33. The van der Waals surface area contributed by atoms with Crippen molar-refractivity contribution in [3.63, 3.8) is 0 Å². The molecule has 2 aromatic carbocycles. The molecule has 0 bridgehead atoms. The summed E-state index contributed by atoms with van der Waals surface area (Å²) in [6, 6.07) is 11.4. The topological polar surface area (TPSA) is 73.3 Å². The van der Waals surface area contributed by atoms with E-state index in [2.05, 4.69) is 15.3 Å². The van der Waals surface area contributed by atoms with E-state index >= 15 is 0 Å². The van der Waals surface area contributed by atoms with E-state index in [4.69, 9.17) is 9.47 Å². The SMILES string of the molecule is COc1ccc(-c2nc(CC(=O)Nc3ccc4nc(C)sc4c3)cs2)cc1OC. The lowest BCUT2D eigenvalue weighted by Crippen LogP contribution is -2.14. The number of amides is 1. The number of carbonyl (C=O) groups excluding carboxylic acids is 1. The van der Waals surface area contributed by atoms with Crippen molar-refractivity contribution < 1.29 is 14.3 Å². The van der Waals surface area contributed by atoms with Crippen LogP contribution < -0.4 is 14.8 Å². The van der Waals surface area contributed by atoms with Crippen LogP contribution in [0.1, 0.15) is 10.7 Å². The second-order valence-electron chi connectivity index (χ2n) is 6.35. The molecule has 6 nitrogen and oxygen atoms in total. The Morgan fingerprint density at radius 1 is 1.07 bits per heavy atom. The fourth-order valence-electron chi connectivity index (χ4n) is 2.98. The second-order valence-corrected chi connectivity index (χ2v) is 8.45. The fraction of sp³-hybridized carbons (Fsp3) is 0.190. The number of hydrogen-bond acceptors (Lipinski definition) is 7. The van der Waals surface area contributed by atoms with E-state index in [1.807, 2.05) is 48.7 Å². The van der Waals surface area contributed by atoms with Gasteiger partial charge in [0.2, 0.25) is 5.91 Å². The third-order valence-corrected chi connectivity index (χ3v) is 6.18. The minimum Gasteiger partial charge on any atom is -0.493 e. The van der Waals surface area contributed by atoms with Crippen LogP contribution in [0.5, 0.6) is 11.5 Å². The molecule has 2 heterocycles. The maximum atomic E-state index is 12.5. The number of thiazole rings is 2. The molecular weight excluding hydrogens is 406 g/mol. The van der Waals surface area contributed by atoms with Gasteiger partial charge in [0.25, 0.3) is 0 Å². The summed E-state index contributed by atoms with van der Waals surface area (Å²) in [6.45, 7) is 1.97. The summed E-state index contributed by atoms with van der Waals surface area (Å²) >= 11 is 3.11. The number of rotatable bonds is 6. The van der Waals surface area contributed by atoms with Crippen LogP contribution in [0.2, 0.25) is 0 Å². The van der Waals surface area contributed by atoms with Crippen LogP contribution in [-0.4, -0.2) is 30.1 Å². The quantitative estimate of drug-likeness (QED) is 0.474. The van der Waals surface area contributed by atoms with E-state index in [1.165, 1.54) is 11.3 Å². The summed E-state index contributed by atoms with van der Waals surface area (Å²) in [6.07, 6.45) is 0.212. The third-order valence-electron chi connectivity index (χ3n) is 4.30. The number of benzene rings is 2. The summed E-state index contributed by atoms with van der Waals surface area (Å²) in [4.78, 5) is 21.5. The fourth-order valence-corrected chi connectivity index (χ4v) is 4.66. The third kappa shape index (κ3) is 4.23.